The third-order valence-electron chi connectivity index (χ3n) is 2.73. The summed E-state index contributed by atoms with van der Waals surface area (Å²) in [6, 6.07) is 5.32. The van der Waals surface area contributed by atoms with Gasteiger partial charge in [-0.3, -0.25) is 0 Å². The largest absolute Gasteiger partial charge is 0.507 e. The molecule has 1 aromatic heterocycles. The molecule has 0 unspecified atom stereocenters. The van der Waals surface area contributed by atoms with E-state index in [0.29, 0.717) is 27.4 Å². The van der Waals surface area contributed by atoms with E-state index < -0.39 is 0 Å². The van der Waals surface area contributed by atoms with Crippen molar-refractivity contribution >= 4 is 15.9 Å². The van der Waals surface area contributed by atoms with E-state index in [1.165, 1.54) is 10.7 Å². The molecule has 0 spiro atoms. The first-order valence-corrected chi connectivity index (χ1v) is 6.34. The molecule has 1 aromatic carbocycles. The number of nitrogens with zero attached hydrogens (tertiary/aromatic N) is 3. The molecule has 0 aliphatic heterocycles. The van der Waals surface area contributed by atoms with Crippen LogP contribution in [-0.2, 0) is 7.05 Å². The number of hydrogen-bond acceptors (Lipinski definition) is 4. The van der Waals surface area contributed by atoms with Gasteiger partial charge in [-0.25, -0.2) is 4.68 Å². The topological polar surface area (TPSA) is 71.1 Å². The predicted molar refractivity (Wildman–Crippen MR) is 73.3 cm³/mol. The standard InChI is InChI=1S/C13H12BrN3O2/c1-7-4-10(14)11(18)5-12(7)19-13-9(6-15)8(2)16-17(13)3/h4-5,18H,1-3H3. The smallest absolute Gasteiger partial charge is 0.235 e. The van der Waals surface area contributed by atoms with Gasteiger partial charge in [-0.05, 0) is 41.4 Å². The number of halogens is 1. The van der Waals surface area contributed by atoms with Crippen molar-refractivity contribution in [1.29, 1.82) is 5.26 Å². The summed E-state index contributed by atoms with van der Waals surface area (Å²) in [5.74, 6) is 0.933. The van der Waals surface area contributed by atoms with Gasteiger partial charge in [0.15, 0.2) is 0 Å². The van der Waals surface area contributed by atoms with Crippen LogP contribution >= 0.6 is 15.9 Å². The fourth-order valence-corrected chi connectivity index (χ4v) is 2.20. The van der Waals surface area contributed by atoms with Crippen molar-refractivity contribution < 1.29 is 9.84 Å². The fourth-order valence-electron chi connectivity index (χ4n) is 1.74. The quantitative estimate of drug-likeness (QED) is 0.922. The number of rotatable bonds is 2. The van der Waals surface area contributed by atoms with Gasteiger partial charge in [0.1, 0.15) is 23.1 Å². The minimum Gasteiger partial charge on any atom is -0.507 e. The molecule has 1 heterocycles. The molecule has 0 saturated heterocycles. The summed E-state index contributed by atoms with van der Waals surface area (Å²) in [6.07, 6.45) is 0. The number of aryl methyl sites for hydroxylation is 3. The lowest BCUT2D eigenvalue weighted by Gasteiger charge is -2.10. The van der Waals surface area contributed by atoms with Crippen molar-refractivity contribution in [1.82, 2.24) is 9.78 Å². The fraction of sp³-hybridized carbons (Fsp3) is 0.231. The number of nitriles is 1. The minimum absolute atomic E-state index is 0.0815. The zero-order valence-electron chi connectivity index (χ0n) is 10.7. The molecule has 2 rings (SSSR count). The van der Waals surface area contributed by atoms with Gasteiger partial charge in [-0.2, -0.15) is 10.4 Å². The van der Waals surface area contributed by atoms with E-state index in [9.17, 15) is 5.11 Å². The normalized spacial score (nSPS) is 10.3. The second-order valence-corrected chi connectivity index (χ2v) is 5.03. The van der Waals surface area contributed by atoms with Crippen molar-refractivity contribution in [2.45, 2.75) is 13.8 Å². The highest BCUT2D eigenvalue weighted by molar-refractivity contribution is 9.10. The summed E-state index contributed by atoms with van der Waals surface area (Å²) >= 11 is 3.24. The van der Waals surface area contributed by atoms with Crippen LogP contribution in [-0.4, -0.2) is 14.9 Å². The number of phenols is 1. The Kier molecular flexibility index (Phi) is 3.49. The number of phenolic OH excluding ortho intramolecular Hbond substituents is 1. The molecule has 0 aliphatic carbocycles. The highest BCUT2D eigenvalue weighted by atomic mass is 79.9. The SMILES string of the molecule is Cc1cc(Br)c(O)cc1Oc1c(C#N)c(C)nn1C. The Morgan fingerprint density at radius 2 is 2.11 bits per heavy atom. The van der Waals surface area contributed by atoms with Crippen molar-refractivity contribution in [3.05, 3.63) is 33.4 Å². The number of hydrogen-bond donors (Lipinski definition) is 1. The molecule has 0 saturated carbocycles. The molecule has 1 N–H and O–H groups in total. The Hall–Kier alpha value is -2.00. The molecule has 2 aromatic rings. The maximum absolute atomic E-state index is 9.69. The van der Waals surface area contributed by atoms with Gasteiger partial charge in [-0.15, -0.1) is 0 Å². The zero-order valence-corrected chi connectivity index (χ0v) is 12.3. The van der Waals surface area contributed by atoms with Crippen LogP contribution in [0.5, 0.6) is 17.4 Å². The zero-order chi connectivity index (χ0) is 14.2. The van der Waals surface area contributed by atoms with Crippen molar-refractivity contribution in [3.8, 4) is 23.4 Å². The minimum atomic E-state index is 0.0815. The van der Waals surface area contributed by atoms with Gasteiger partial charge in [0.2, 0.25) is 5.88 Å². The molecule has 0 amide bonds. The Labute approximate surface area is 119 Å². The predicted octanol–water partition coefficient (Wildman–Crippen LogP) is 3.17. The van der Waals surface area contributed by atoms with E-state index >= 15 is 0 Å². The summed E-state index contributed by atoms with van der Waals surface area (Å²) in [4.78, 5) is 0. The van der Waals surface area contributed by atoms with E-state index in [1.54, 1.807) is 20.0 Å². The van der Waals surface area contributed by atoms with Crippen molar-refractivity contribution in [2.75, 3.05) is 0 Å². The van der Waals surface area contributed by atoms with Crippen molar-refractivity contribution in [3.63, 3.8) is 0 Å². The summed E-state index contributed by atoms with van der Waals surface area (Å²) in [5, 5.41) is 23.0. The molecule has 0 bridgehead atoms. The van der Waals surface area contributed by atoms with Crippen LogP contribution in [0, 0.1) is 25.2 Å². The molecular formula is C13H12BrN3O2. The molecule has 5 nitrogen and oxygen atoms in total. The van der Waals surface area contributed by atoms with Crippen LogP contribution in [0.2, 0.25) is 0 Å². The third kappa shape index (κ3) is 2.42. The first kappa shape index (κ1) is 13.4. The van der Waals surface area contributed by atoms with Gasteiger partial charge in [0, 0.05) is 13.1 Å². The Bertz CT molecular complexity index is 686. The lowest BCUT2D eigenvalue weighted by atomic mass is 10.2. The molecule has 0 fully saturated rings. The summed E-state index contributed by atoms with van der Waals surface area (Å²) in [7, 11) is 1.71. The van der Waals surface area contributed by atoms with Crippen LogP contribution in [0.25, 0.3) is 0 Å². The van der Waals surface area contributed by atoms with Gasteiger partial charge in [0.25, 0.3) is 0 Å². The lowest BCUT2D eigenvalue weighted by Crippen LogP contribution is -1.97. The van der Waals surface area contributed by atoms with Gasteiger partial charge < -0.3 is 9.84 Å². The van der Waals surface area contributed by atoms with Crippen molar-refractivity contribution in [2.24, 2.45) is 7.05 Å². The van der Waals surface area contributed by atoms with E-state index in [2.05, 4.69) is 27.1 Å². The molecule has 19 heavy (non-hydrogen) atoms. The summed E-state index contributed by atoms with van der Waals surface area (Å²) < 4.78 is 7.82. The number of aromatic hydroxyl groups is 1. The summed E-state index contributed by atoms with van der Waals surface area (Å²) in [5.41, 5.74) is 1.84. The molecule has 0 aliphatic rings. The van der Waals surface area contributed by atoms with Gasteiger partial charge in [-0.1, -0.05) is 0 Å². The van der Waals surface area contributed by atoms with Crippen LogP contribution in [0.3, 0.4) is 0 Å². The van der Waals surface area contributed by atoms with E-state index in [4.69, 9.17) is 10.00 Å². The van der Waals surface area contributed by atoms with Crippen LogP contribution < -0.4 is 4.74 Å². The molecular weight excluding hydrogens is 310 g/mol. The molecule has 0 atom stereocenters. The first-order valence-electron chi connectivity index (χ1n) is 5.54. The van der Waals surface area contributed by atoms with Crippen LogP contribution in [0.15, 0.2) is 16.6 Å². The maximum atomic E-state index is 9.69. The van der Waals surface area contributed by atoms with E-state index in [1.807, 2.05) is 6.92 Å². The Morgan fingerprint density at radius 3 is 2.74 bits per heavy atom. The lowest BCUT2D eigenvalue weighted by molar-refractivity contribution is 0.418. The summed E-state index contributed by atoms with van der Waals surface area (Å²) in [6.45, 7) is 3.60. The monoisotopic (exact) mass is 321 g/mol. The maximum Gasteiger partial charge on any atom is 0.235 e. The second kappa shape index (κ2) is 4.94. The molecule has 6 heteroatoms. The first-order chi connectivity index (χ1) is 8.93. The number of ether oxygens (including phenoxy) is 1. The van der Waals surface area contributed by atoms with Crippen LogP contribution in [0.1, 0.15) is 16.8 Å². The average Bonchev–Trinajstić information content (AvgIpc) is 2.60. The molecule has 0 radical (unpaired) electrons. The Balaban J connectivity index is 2.48. The highest BCUT2D eigenvalue weighted by Gasteiger charge is 2.16. The molecule has 98 valence electrons. The number of benzene rings is 1. The second-order valence-electron chi connectivity index (χ2n) is 4.17. The van der Waals surface area contributed by atoms with E-state index in [-0.39, 0.29) is 5.75 Å². The highest BCUT2D eigenvalue weighted by Crippen LogP contribution is 2.35. The number of aromatic nitrogens is 2. The van der Waals surface area contributed by atoms with Gasteiger partial charge >= 0.3 is 0 Å². The third-order valence-corrected chi connectivity index (χ3v) is 3.37. The van der Waals surface area contributed by atoms with Gasteiger partial charge in [0.05, 0.1) is 10.2 Å². The average molecular weight is 322 g/mol. The van der Waals surface area contributed by atoms with Crippen LogP contribution in [0.4, 0.5) is 0 Å². The van der Waals surface area contributed by atoms with E-state index in [0.717, 1.165) is 5.56 Å². The Morgan fingerprint density at radius 1 is 1.42 bits per heavy atom.